The molecular formula is C12H16ClNO. The smallest absolute Gasteiger partial charge is 0.221 e. The average molecular weight is 226 g/mol. The van der Waals surface area contributed by atoms with Gasteiger partial charge in [-0.15, -0.1) is 11.6 Å². The number of carbonyl (C=O) groups is 1. The van der Waals surface area contributed by atoms with Crippen LogP contribution in [-0.4, -0.2) is 11.8 Å². The van der Waals surface area contributed by atoms with Crippen LogP contribution in [0.15, 0.2) is 18.2 Å². The van der Waals surface area contributed by atoms with E-state index in [2.05, 4.69) is 23.5 Å². The van der Waals surface area contributed by atoms with Gasteiger partial charge in [0.05, 0.1) is 0 Å². The lowest BCUT2D eigenvalue weighted by Gasteiger charge is -2.08. The second kappa shape index (κ2) is 5.76. The van der Waals surface area contributed by atoms with E-state index in [-0.39, 0.29) is 5.91 Å². The fourth-order valence-electron chi connectivity index (χ4n) is 1.36. The lowest BCUT2D eigenvalue weighted by atomic mass is 10.1. The Labute approximate surface area is 95.6 Å². The highest BCUT2D eigenvalue weighted by molar-refractivity contribution is 6.18. The van der Waals surface area contributed by atoms with Crippen LogP contribution in [0.5, 0.6) is 0 Å². The third-order valence-corrected chi connectivity index (χ3v) is 2.49. The van der Waals surface area contributed by atoms with Crippen LogP contribution in [0.1, 0.15) is 23.1 Å². The van der Waals surface area contributed by atoms with Crippen molar-refractivity contribution in [3.05, 3.63) is 34.9 Å². The van der Waals surface area contributed by atoms with Gasteiger partial charge in [0.25, 0.3) is 0 Å². The largest absolute Gasteiger partial charge is 0.352 e. The molecule has 0 fully saturated rings. The predicted molar refractivity (Wildman–Crippen MR) is 63.1 cm³/mol. The molecule has 0 spiro atoms. The van der Waals surface area contributed by atoms with E-state index in [1.165, 1.54) is 11.1 Å². The van der Waals surface area contributed by atoms with Crippen LogP contribution < -0.4 is 5.32 Å². The van der Waals surface area contributed by atoms with Crippen LogP contribution in [-0.2, 0) is 11.3 Å². The molecule has 0 radical (unpaired) electrons. The number of hydrogen-bond donors (Lipinski definition) is 1. The van der Waals surface area contributed by atoms with Gasteiger partial charge in [0.15, 0.2) is 0 Å². The number of nitrogens with one attached hydrogen (secondary N) is 1. The summed E-state index contributed by atoms with van der Waals surface area (Å²) in [5, 5.41) is 2.84. The van der Waals surface area contributed by atoms with E-state index in [0.717, 1.165) is 5.56 Å². The molecular weight excluding hydrogens is 210 g/mol. The maximum absolute atomic E-state index is 11.2. The van der Waals surface area contributed by atoms with E-state index in [9.17, 15) is 4.79 Å². The van der Waals surface area contributed by atoms with E-state index < -0.39 is 0 Å². The number of halogens is 1. The molecule has 82 valence electrons. The molecule has 15 heavy (non-hydrogen) atoms. The predicted octanol–water partition coefficient (Wildman–Crippen LogP) is 2.55. The van der Waals surface area contributed by atoms with Crippen molar-refractivity contribution in [1.82, 2.24) is 5.32 Å². The third-order valence-electron chi connectivity index (χ3n) is 2.30. The Bertz CT molecular complexity index is 349. The lowest BCUT2D eigenvalue weighted by Crippen LogP contribution is -2.23. The van der Waals surface area contributed by atoms with Gasteiger partial charge in [-0.1, -0.05) is 23.8 Å². The summed E-state index contributed by atoms with van der Waals surface area (Å²) in [6.45, 7) is 4.68. The number of benzene rings is 1. The number of carbonyl (C=O) groups excluding carboxylic acids is 1. The molecule has 0 unspecified atom stereocenters. The van der Waals surface area contributed by atoms with E-state index >= 15 is 0 Å². The van der Waals surface area contributed by atoms with Crippen molar-refractivity contribution in [3.63, 3.8) is 0 Å². The van der Waals surface area contributed by atoms with Crippen molar-refractivity contribution in [1.29, 1.82) is 0 Å². The molecule has 0 atom stereocenters. The van der Waals surface area contributed by atoms with E-state index in [1.54, 1.807) is 0 Å². The van der Waals surface area contributed by atoms with Gasteiger partial charge in [-0.25, -0.2) is 0 Å². The van der Waals surface area contributed by atoms with Crippen LogP contribution >= 0.6 is 11.6 Å². The van der Waals surface area contributed by atoms with Crippen LogP contribution in [0.4, 0.5) is 0 Å². The molecule has 0 heterocycles. The Morgan fingerprint density at radius 1 is 1.40 bits per heavy atom. The normalized spacial score (nSPS) is 10.1. The van der Waals surface area contributed by atoms with E-state index in [4.69, 9.17) is 11.6 Å². The number of alkyl halides is 1. The zero-order valence-electron chi connectivity index (χ0n) is 9.14. The standard InChI is InChI=1S/C12H16ClNO/c1-9-3-4-10(2)11(7-9)8-14-12(15)5-6-13/h3-4,7H,5-6,8H2,1-2H3,(H,14,15). The summed E-state index contributed by atoms with van der Waals surface area (Å²) in [6.07, 6.45) is 0.381. The van der Waals surface area contributed by atoms with Gasteiger partial charge >= 0.3 is 0 Å². The summed E-state index contributed by atoms with van der Waals surface area (Å²) in [7, 11) is 0. The average Bonchev–Trinajstić information content (AvgIpc) is 2.20. The molecule has 1 amide bonds. The molecule has 0 aromatic heterocycles. The summed E-state index contributed by atoms with van der Waals surface area (Å²) >= 11 is 5.47. The second-order valence-corrected chi connectivity index (χ2v) is 4.02. The van der Waals surface area contributed by atoms with Crippen molar-refractivity contribution < 1.29 is 4.79 Å². The minimum atomic E-state index is 0.00547. The van der Waals surface area contributed by atoms with Crippen LogP contribution in [0.25, 0.3) is 0 Å². The Hall–Kier alpha value is -1.02. The maximum atomic E-state index is 11.2. The van der Waals surface area contributed by atoms with Crippen molar-refractivity contribution >= 4 is 17.5 Å². The number of rotatable bonds is 4. The van der Waals surface area contributed by atoms with Crippen LogP contribution in [0.2, 0.25) is 0 Å². The SMILES string of the molecule is Cc1ccc(C)c(CNC(=O)CCCl)c1. The molecule has 1 aromatic rings. The fourth-order valence-corrected chi connectivity index (χ4v) is 1.53. The Morgan fingerprint density at radius 3 is 2.80 bits per heavy atom. The number of hydrogen-bond acceptors (Lipinski definition) is 1. The quantitative estimate of drug-likeness (QED) is 0.784. The number of amides is 1. The molecule has 0 aliphatic carbocycles. The molecule has 0 saturated heterocycles. The molecule has 1 N–H and O–H groups in total. The monoisotopic (exact) mass is 225 g/mol. The van der Waals surface area contributed by atoms with Crippen LogP contribution in [0, 0.1) is 13.8 Å². The molecule has 0 aliphatic rings. The van der Waals surface area contributed by atoms with Gasteiger partial charge in [-0.05, 0) is 25.0 Å². The minimum absolute atomic E-state index is 0.00547. The highest BCUT2D eigenvalue weighted by atomic mass is 35.5. The first-order valence-electron chi connectivity index (χ1n) is 5.02. The molecule has 0 bridgehead atoms. The maximum Gasteiger partial charge on any atom is 0.221 e. The van der Waals surface area contributed by atoms with Crippen LogP contribution in [0.3, 0.4) is 0 Å². The minimum Gasteiger partial charge on any atom is -0.352 e. The first-order valence-corrected chi connectivity index (χ1v) is 5.55. The lowest BCUT2D eigenvalue weighted by molar-refractivity contribution is -0.120. The van der Waals surface area contributed by atoms with Crippen molar-refractivity contribution in [3.8, 4) is 0 Å². The molecule has 0 saturated carbocycles. The molecule has 1 aromatic carbocycles. The van der Waals surface area contributed by atoms with E-state index in [0.29, 0.717) is 18.8 Å². The summed E-state index contributed by atoms with van der Waals surface area (Å²) in [6, 6.07) is 6.23. The van der Waals surface area contributed by atoms with Crippen molar-refractivity contribution in [2.45, 2.75) is 26.8 Å². The molecule has 2 nitrogen and oxygen atoms in total. The topological polar surface area (TPSA) is 29.1 Å². The van der Waals surface area contributed by atoms with Gasteiger partial charge in [0.2, 0.25) is 5.91 Å². The molecule has 0 aliphatic heterocycles. The summed E-state index contributed by atoms with van der Waals surface area (Å²) in [5.41, 5.74) is 3.58. The highest BCUT2D eigenvalue weighted by Crippen LogP contribution is 2.10. The fraction of sp³-hybridized carbons (Fsp3) is 0.417. The number of aryl methyl sites for hydroxylation is 2. The summed E-state index contributed by atoms with van der Waals surface area (Å²) in [5.74, 6) is 0.379. The zero-order chi connectivity index (χ0) is 11.3. The van der Waals surface area contributed by atoms with Gasteiger partial charge in [0.1, 0.15) is 0 Å². The molecule has 3 heteroatoms. The Morgan fingerprint density at radius 2 is 2.13 bits per heavy atom. The summed E-state index contributed by atoms with van der Waals surface area (Å²) in [4.78, 5) is 11.2. The Kier molecular flexibility index (Phi) is 4.63. The van der Waals surface area contributed by atoms with Crippen molar-refractivity contribution in [2.75, 3.05) is 5.88 Å². The zero-order valence-corrected chi connectivity index (χ0v) is 9.90. The second-order valence-electron chi connectivity index (χ2n) is 3.65. The Balaban J connectivity index is 2.57. The van der Waals surface area contributed by atoms with Crippen molar-refractivity contribution in [2.24, 2.45) is 0 Å². The first kappa shape index (κ1) is 12.1. The summed E-state index contributed by atoms with van der Waals surface area (Å²) < 4.78 is 0. The van der Waals surface area contributed by atoms with Gasteiger partial charge < -0.3 is 5.32 Å². The van der Waals surface area contributed by atoms with Gasteiger partial charge in [-0.2, -0.15) is 0 Å². The third kappa shape index (κ3) is 3.92. The first-order chi connectivity index (χ1) is 7.13. The van der Waals surface area contributed by atoms with Gasteiger partial charge in [-0.3, -0.25) is 4.79 Å². The van der Waals surface area contributed by atoms with E-state index in [1.807, 2.05) is 13.8 Å². The molecule has 1 rings (SSSR count). The van der Waals surface area contributed by atoms with Gasteiger partial charge in [0, 0.05) is 18.8 Å². The highest BCUT2D eigenvalue weighted by Gasteiger charge is 2.02.